The van der Waals surface area contributed by atoms with Crippen LogP contribution < -0.4 is 5.32 Å². The van der Waals surface area contributed by atoms with Crippen LogP contribution in [0, 0.1) is 0 Å². The normalized spacial score (nSPS) is 21.9. The molecule has 0 unspecified atom stereocenters. The van der Waals surface area contributed by atoms with Crippen molar-refractivity contribution in [3.05, 3.63) is 22.4 Å². The number of hydrogen-bond acceptors (Lipinski definition) is 3. The van der Waals surface area contributed by atoms with Gasteiger partial charge in [-0.25, -0.2) is 4.79 Å². The zero-order valence-corrected chi connectivity index (χ0v) is 11.0. The molecular formula is C13H16N2O2S. The van der Waals surface area contributed by atoms with Crippen molar-refractivity contribution in [2.45, 2.75) is 37.6 Å². The van der Waals surface area contributed by atoms with Crippen LogP contribution in [-0.2, 0) is 11.2 Å². The first-order chi connectivity index (χ1) is 8.72. The standard InChI is InChI=1S/C13H16N2O2S/c16-11-13(5-1-2-6-13)15(12(17)14-11)7-3-10-4-8-18-9-10/h4,8-9H,1-3,5-7H2,(H,14,16,17). The van der Waals surface area contributed by atoms with Crippen LogP contribution in [0.2, 0.25) is 0 Å². The molecule has 4 nitrogen and oxygen atoms in total. The largest absolute Gasteiger partial charge is 0.325 e. The second kappa shape index (κ2) is 4.39. The maximum Gasteiger partial charge on any atom is 0.325 e. The summed E-state index contributed by atoms with van der Waals surface area (Å²) in [5.74, 6) is -0.0877. The number of nitrogens with zero attached hydrogens (tertiary/aromatic N) is 1. The van der Waals surface area contributed by atoms with E-state index in [0.29, 0.717) is 6.54 Å². The van der Waals surface area contributed by atoms with Gasteiger partial charge in [0, 0.05) is 6.54 Å². The zero-order valence-electron chi connectivity index (χ0n) is 10.1. The topological polar surface area (TPSA) is 49.4 Å². The molecule has 1 aromatic rings. The summed E-state index contributed by atoms with van der Waals surface area (Å²) in [7, 11) is 0. The van der Waals surface area contributed by atoms with Crippen molar-refractivity contribution < 1.29 is 9.59 Å². The minimum Gasteiger partial charge on any atom is -0.309 e. The average Bonchev–Trinajstić information content (AvgIpc) is 3.02. The number of carbonyl (C=O) groups excluding carboxylic acids is 2. The van der Waals surface area contributed by atoms with E-state index in [9.17, 15) is 9.59 Å². The summed E-state index contributed by atoms with van der Waals surface area (Å²) in [4.78, 5) is 25.7. The minimum atomic E-state index is -0.535. The van der Waals surface area contributed by atoms with E-state index in [4.69, 9.17) is 0 Å². The fourth-order valence-corrected chi connectivity index (χ4v) is 3.75. The summed E-state index contributed by atoms with van der Waals surface area (Å²) in [6, 6.07) is 1.86. The second-order valence-corrected chi connectivity index (χ2v) is 5.81. The van der Waals surface area contributed by atoms with Crippen LogP contribution in [0.1, 0.15) is 31.2 Å². The molecular weight excluding hydrogens is 248 g/mol. The van der Waals surface area contributed by atoms with Gasteiger partial charge in [-0.15, -0.1) is 0 Å². The number of carbonyl (C=O) groups is 2. The van der Waals surface area contributed by atoms with E-state index in [0.717, 1.165) is 32.1 Å². The molecule has 0 aromatic carbocycles. The third-order valence-electron chi connectivity index (χ3n) is 4.04. The Bertz CT molecular complexity index is 463. The van der Waals surface area contributed by atoms with Gasteiger partial charge in [-0.2, -0.15) is 11.3 Å². The van der Waals surface area contributed by atoms with Crippen molar-refractivity contribution in [1.29, 1.82) is 0 Å². The smallest absolute Gasteiger partial charge is 0.309 e. The van der Waals surface area contributed by atoms with Crippen molar-refractivity contribution in [2.75, 3.05) is 6.54 Å². The van der Waals surface area contributed by atoms with Gasteiger partial charge in [0.05, 0.1) is 0 Å². The molecule has 1 spiro atoms. The fraction of sp³-hybridized carbons (Fsp3) is 0.538. The number of amides is 3. The number of rotatable bonds is 3. The molecule has 1 saturated carbocycles. The molecule has 2 aliphatic rings. The zero-order chi connectivity index (χ0) is 12.6. The van der Waals surface area contributed by atoms with Gasteiger partial charge in [-0.05, 0) is 41.7 Å². The quantitative estimate of drug-likeness (QED) is 0.850. The van der Waals surface area contributed by atoms with Crippen molar-refractivity contribution in [2.24, 2.45) is 0 Å². The van der Waals surface area contributed by atoms with Crippen LogP contribution in [0.3, 0.4) is 0 Å². The lowest BCUT2D eigenvalue weighted by molar-refractivity contribution is -0.126. The predicted molar refractivity (Wildman–Crippen MR) is 69.5 cm³/mol. The van der Waals surface area contributed by atoms with Crippen LogP contribution in [0.25, 0.3) is 0 Å². The van der Waals surface area contributed by atoms with Crippen LogP contribution in [0.5, 0.6) is 0 Å². The summed E-state index contributed by atoms with van der Waals surface area (Å²) in [5.41, 5.74) is 0.702. The fourth-order valence-electron chi connectivity index (χ4n) is 3.05. The Balaban J connectivity index is 1.76. The molecule has 1 saturated heterocycles. The van der Waals surface area contributed by atoms with Crippen molar-refractivity contribution >= 4 is 23.3 Å². The van der Waals surface area contributed by atoms with Crippen molar-refractivity contribution in [3.8, 4) is 0 Å². The van der Waals surface area contributed by atoms with Gasteiger partial charge in [0.1, 0.15) is 5.54 Å². The molecule has 96 valence electrons. The SMILES string of the molecule is O=C1NC(=O)C2(CCCC2)N1CCc1ccsc1. The van der Waals surface area contributed by atoms with Gasteiger partial charge in [0.2, 0.25) is 0 Å². The van der Waals surface area contributed by atoms with Crippen molar-refractivity contribution in [3.63, 3.8) is 0 Å². The molecule has 1 aliphatic carbocycles. The molecule has 0 atom stereocenters. The molecule has 5 heteroatoms. The Morgan fingerprint density at radius 1 is 1.33 bits per heavy atom. The first-order valence-corrected chi connectivity index (χ1v) is 7.31. The highest BCUT2D eigenvalue weighted by atomic mass is 32.1. The molecule has 1 N–H and O–H groups in total. The van der Waals surface area contributed by atoms with Gasteiger partial charge in [-0.1, -0.05) is 12.8 Å². The first kappa shape index (κ1) is 11.7. The third kappa shape index (κ3) is 1.73. The molecule has 1 aromatic heterocycles. The van der Waals surface area contributed by atoms with E-state index in [1.807, 2.05) is 5.38 Å². The Kier molecular flexibility index (Phi) is 2.86. The highest BCUT2D eigenvalue weighted by Crippen LogP contribution is 2.38. The van der Waals surface area contributed by atoms with E-state index in [1.165, 1.54) is 5.56 Å². The molecule has 3 amide bonds. The second-order valence-electron chi connectivity index (χ2n) is 5.03. The molecule has 2 fully saturated rings. The molecule has 1 aliphatic heterocycles. The number of nitrogens with one attached hydrogen (secondary N) is 1. The highest BCUT2D eigenvalue weighted by Gasteiger charge is 2.53. The molecule has 0 radical (unpaired) electrons. The number of urea groups is 1. The monoisotopic (exact) mass is 264 g/mol. The molecule has 0 bridgehead atoms. The molecule has 2 heterocycles. The Morgan fingerprint density at radius 3 is 2.78 bits per heavy atom. The lowest BCUT2D eigenvalue weighted by Crippen LogP contribution is -2.48. The van der Waals surface area contributed by atoms with E-state index in [1.54, 1.807) is 16.2 Å². The number of hydrogen-bond donors (Lipinski definition) is 1. The maximum atomic E-state index is 12.0. The number of thiophene rings is 1. The average molecular weight is 264 g/mol. The van der Waals surface area contributed by atoms with Gasteiger partial charge in [0.15, 0.2) is 0 Å². The summed E-state index contributed by atoms with van der Waals surface area (Å²) in [5, 5.41) is 6.61. The first-order valence-electron chi connectivity index (χ1n) is 6.36. The van der Waals surface area contributed by atoms with E-state index in [-0.39, 0.29) is 11.9 Å². The van der Waals surface area contributed by atoms with E-state index >= 15 is 0 Å². The highest BCUT2D eigenvalue weighted by molar-refractivity contribution is 7.07. The molecule has 3 rings (SSSR count). The summed E-state index contributed by atoms with van der Waals surface area (Å²) < 4.78 is 0. The van der Waals surface area contributed by atoms with Gasteiger partial charge in [0.25, 0.3) is 5.91 Å². The van der Waals surface area contributed by atoms with Crippen LogP contribution in [-0.4, -0.2) is 28.9 Å². The third-order valence-corrected chi connectivity index (χ3v) is 4.77. The number of imide groups is 1. The van der Waals surface area contributed by atoms with Crippen LogP contribution in [0.4, 0.5) is 4.79 Å². The Labute approximate surface area is 110 Å². The van der Waals surface area contributed by atoms with E-state index < -0.39 is 5.54 Å². The Morgan fingerprint density at radius 2 is 2.11 bits per heavy atom. The minimum absolute atomic E-state index is 0.0877. The Hall–Kier alpha value is -1.36. The van der Waals surface area contributed by atoms with Crippen molar-refractivity contribution in [1.82, 2.24) is 10.2 Å². The summed E-state index contributed by atoms with van der Waals surface area (Å²) >= 11 is 1.66. The summed E-state index contributed by atoms with van der Waals surface area (Å²) in [6.45, 7) is 0.633. The van der Waals surface area contributed by atoms with E-state index in [2.05, 4.69) is 16.8 Å². The maximum absolute atomic E-state index is 12.0. The van der Waals surface area contributed by atoms with Gasteiger partial charge < -0.3 is 4.90 Å². The van der Waals surface area contributed by atoms with Crippen LogP contribution in [0.15, 0.2) is 16.8 Å². The van der Waals surface area contributed by atoms with Gasteiger partial charge >= 0.3 is 6.03 Å². The summed E-state index contributed by atoms with van der Waals surface area (Å²) in [6.07, 6.45) is 4.53. The molecule has 18 heavy (non-hydrogen) atoms. The van der Waals surface area contributed by atoms with Crippen LogP contribution >= 0.6 is 11.3 Å². The lowest BCUT2D eigenvalue weighted by Gasteiger charge is -2.31. The predicted octanol–water partition coefficient (Wildman–Crippen LogP) is 2.16. The lowest BCUT2D eigenvalue weighted by atomic mass is 9.95. The van der Waals surface area contributed by atoms with Gasteiger partial charge in [-0.3, -0.25) is 10.1 Å².